The molecule has 0 saturated carbocycles. The largest absolute Gasteiger partial charge is 0.311 e. The van der Waals surface area contributed by atoms with E-state index in [1.165, 1.54) is 54.5 Å². The molecule has 0 fully saturated rings. The average molecular weight is 494 g/mol. The van der Waals surface area contributed by atoms with Gasteiger partial charge in [0.1, 0.15) is 0 Å². The first-order valence-electron chi connectivity index (χ1n) is 13.6. The van der Waals surface area contributed by atoms with Crippen LogP contribution >= 0.6 is 0 Å². The van der Waals surface area contributed by atoms with E-state index in [1.54, 1.807) is 0 Å². The molecule has 2 aromatic heterocycles. The molecule has 3 heterocycles. The highest BCUT2D eigenvalue weighted by Crippen LogP contribution is 2.39. The van der Waals surface area contributed by atoms with E-state index in [4.69, 9.17) is 0 Å². The Morgan fingerprint density at radius 3 is 1.33 bits per heavy atom. The van der Waals surface area contributed by atoms with Gasteiger partial charge < -0.3 is 9.30 Å². The highest BCUT2D eigenvalue weighted by molar-refractivity contribution is 6.98. The highest BCUT2D eigenvalue weighted by atomic mass is 15.1. The Kier molecular flexibility index (Phi) is 4.17. The monoisotopic (exact) mass is 494 g/mol. The molecule has 0 atom stereocenters. The number of rotatable bonds is 4. The topological polar surface area (TPSA) is 7.65 Å². The van der Waals surface area contributed by atoms with Gasteiger partial charge in [0.2, 0.25) is 6.71 Å². The van der Waals surface area contributed by atoms with E-state index < -0.39 is 0 Å². The molecule has 9 rings (SSSR count). The number of aromatic nitrogens is 1. The molecule has 1 aliphatic rings. The van der Waals surface area contributed by atoms with Crippen molar-refractivity contribution in [2.75, 3.05) is 4.90 Å². The number of hydrogen-bond donors (Lipinski definition) is 0. The van der Waals surface area contributed by atoms with E-state index in [0.29, 0.717) is 0 Å². The number of para-hydroxylation sites is 5. The van der Waals surface area contributed by atoms with Crippen LogP contribution in [-0.4, -0.2) is 11.1 Å². The van der Waals surface area contributed by atoms with Gasteiger partial charge in [-0.25, -0.2) is 0 Å². The zero-order chi connectivity index (χ0) is 25.5. The minimum atomic E-state index is 0.186. The van der Waals surface area contributed by atoms with Crippen LogP contribution in [0, 0.1) is 0 Å². The molecule has 8 aromatic rings. The van der Waals surface area contributed by atoms with E-state index in [2.05, 4.69) is 149 Å². The summed E-state index contributed by atoms with van der Waals surface area (Å²) in [6, 6.07) is 50.9. The predicted octanol–water partition coefficient (Wildman–Crippen LogP) is 7.14. The van der Waals surface area contributed by atoms with Gasteiger partial charge in [-0.3, -0.25) is 0 Å². The maximum atomic E-state index is 2.54. The van der Waals surface area contributed by atoms with Crippen LogP contribution in [0.2, 0.25) is 0 Å². The van der Waals surface area contributed by atoms with Crippen molar-refractivity contribution in [1.29, 1.82) is 0 Å². The summed E-state index contributed by atoms with van der Waals surface area (Å²) in [5.41, 5.74) is 11.6. The van der Waals surface area contributed by atoms with Crippen molar-refractivity contribution in [3.05, 3.63) is 140 Å². The average Bonchev–Trinajstić information content (AvgIpc) is 3.53. The van der Waals surface area contributed by atoms with Crippen LogP contribution in [0.4, 0.5) is 17.1 Å². The van der Waals surface area contributed by atoms with E-state index >= 15 is 0 Å². The molecule has 0 aliphatic carbocycles. The molecule has 180 valence electrons. The first kappa shape index (κ1) is 21.0. The predicted molar refractivity (Wildman–Crippen MR) is 167 cm³/mol. The molecular weight excluding hydrogens is 471 g/mol. The maximum absolute atomic E-state index is 2.54. The van der Waals surface area contributed by atoms with Crippen LogP contribution in [0.25, 0.3) is 38.1 Å². The van der Waals surface area contributed by atoms with Crippen molar-refractivity contribution in [3.8, 4) is 0 Å². The van der Waals surface area contributed by atoms with Crippen molar-refractivity contribution in [2.24, 2.45) is 0 Å². The Morgan fingerprint density at radius 2 is 0.821 bits per heavy atom. The molecule has 0 N–H and O–H groups in total. The van der Waals surface area contributed by atoms with Gasteiger partial charge in [0.05, 0.1) is 5.52 Å². The molecular formula is C36H23BN2. The first-order chi connectivity index (χ1) is 19.4. The lowest BCUT2D eigenvalue weighted by Gasteiger charge is -2.26. The van der Waals surface area contributed by atoms with Gasteiger partial charge in [-0.1, -0.05) is 109 Å². The Balaban J connectivity index is 1.26. The normalized spacial score (nSPS) is 12.6. The SMILES string of the molecule is c1ccc(N(c2ccccc2)c2ccc(B3c4cccc5c6cccc7c8cccc3c8n(c45)c67)cc2)cc1. The number of anilines is 3. The van der Waals surface area contributed by atoms with Crippen LogP contribution in [0.1, 0.15) is 0 Å². The molecule has 0 amide bonds. The van der Waals surface area contributed by atoms with Gasteiger partial charge in [-0.15, -0.1) is 0 Å². The van der Waals surface area contributed by atoms with Gasteiger partial charge in [0.15, 0.2) is 0 Å². The lowest BCUT2D eigenvalue weighted by molar-refractivity contribution is 1.28. The van der Waals surface area contributed by atoms with Crippen molar-refractivity contribution in [1.82, 2.24) is 4.40 Å². The third kappa shape index (κ3) is 2.77. The fraction of sp³-hybridized carbons (Fsp3) is 0. The van der Waals surface area contributed by atoms with Crippen LogP contribution in [0.3, 0.4) is 0 Å². The molecule has 0 spiro atoms. The smallest absolute Gasteiger partial charge is 0.246 e. The second kappa shape index (κ2) is 7.75. The maximum Gasteiger partial charge on any atom is 0.246 e. The van der Waals surface area contributed by atoms with E-state index in [1.807, 2.05) is 0 Å². The van der Waals surface area contributed by atoms with Crippen molar-refractivity contribution in [3.63, 3.8) is 0 Å². The Morgan fingerprint density at radius 1 is 0.385 bits per heavy atom. The van der Waals surface area contributed by atoms with Crippen LogP contribution < -0.4 is 21.3 Å². The summed E-state index contributed by atoms with van der Waals surface area (Å²) in [6.45, 7) is 0.186. The van der Waals surface area contributed by atoms with Crippen LogP contribution in [0.5, 0.6) is 0 Å². The van der Waals surface area contributed by atoms with Crippen LogP contribution in [-0.2, 0) is 0 Å². The zero-order valence-electron chi connectivity index (χ0n) is 21.3. The summed E-state index contributed by atoms with van der Waals surface area (Å²) in [7, 11) is 0. The van der Waals surface area contributed by atoms with Gasteiger partial charge in [0.25, 0.3) is 0 Å². The summed E-state index contributed by atoms with van der Waals surface area (Å²) in [4.78, 5) is 2.32. The van der Waals surface area contributed by atoms with Crippen molar-refractivity contribution < 1.29 is 0 Å². The Hall–Kier alpha value is -5.02. The molecule has 3 heteroatoms. The molecule has 39 heavy (non-hydrogen) atoms. The summed E-state index contributed by atoms with van der Waals surface area (Å²) in [5.74, 6) is 0. The third-order valence-corrected chi connectivity index (χ3v) is 8.56. The summed E-state index contributed by atoms with van der Waals surface area (Å²) >= 11 is 0. The minimum absolute atomic E-state index is 0.186. The molecule has 0 saturated heterocycles. The number of benzene rings is 6. The molecule has 0 radical (unpaired) electrons. The summed E-state index contributed by atoms with van der Waals surface area (Å²) in [5, 5.41) is 5.41. The van der Waals surface area contributed by atoms with Gasteiger partial charge in [-0.05, 0) is 47.3 Å². The van der Waals surface area contributed by atoms with Crippen LogP contribution in [0.15, 0.2) is 140 Å². The molecule has 0 unspecified atom stereocenters. The third-order valence-electron chi connectivity index (χ3n) is 8.56. The highest BCUT2D eigenvalue weighted by Gasteiger charge is 2.33. The fourth-order valence-electron chi connectivity index (χ4n) is 7.02. The lowest BCUT2D eigenvalue weighted by Crippen LogP contribution is -2.54. The Labute approximate surface area is 226 Å². The molecule has 1 aliphatic heterocycles. The zero-order valence-corrected chi connectivity index (χ0v) is 21.3. The van der Waals surface area contributed by atoms with Gasteiger partial charge >= 0.3 is 0 Å². The minimum Gasteiger partial charge on any atom is -0.311 e. The first-order valence-corrected chi connectivity index (χ1v) is 13.6. The van der Waals surface area contributed by atoms with Gasteiger partial charge in [-0.2, -0.15) is 0 Å². The fourth-order valence-corrected chi connectivity index (χ4v) is 7.02. The molecule has 0 bridgehead atoms. The molecule has 2 nitrogen and oxygen atoms in total. The van der Waals surface area contributed by atoms with E-state index in [0.717, 1.165) is 17.1 Å². The number of nitrogens with zero attached hydrogens (tertiary/aromatic N) is 2. The second-order valence-electron chi connectivity index (χ2n) is 10.6. The van der Waals surface area contributed by atoms with E-state index in [-0.39, 0.29) is 6.71 Å². The summed E-state index contributed by atoms with van der Waals surface area (Å²) in [6.07, 6.45) is 0. The number of hydrogen-bond acceptors (Lipinski definition) is 1. The standard InChI is InChI=1S/C36H23BN2/c1-3-10-25(11-4-1)38(26-12-5-2-6-13-26)27-22-20-24(21-23-27)37-32-18-8-16-30-28-14-7-15-29-31-17-9-19-33(37)36(31)39(34(28)29)35(30)32/h1-23H. The lowest BCUT2D eigenvalue weighted by atomic mass is 9.35. The summed E-state index contributed by atoms with van der Waals surface area (Å²) < 4.78 is 2.54. The number of fused-ring (bicyclic) bond motifs is 2. The second-order valence-corrected chi connectivity index (χ2v) is 10.6. The van der Waals surface area contributed by atoms with Gasteiger partial charge in [0, 0.05) is 49.6 Å². The quantitative estimate of drug-likeness (QED) is 0.236. The van der Waals surface area contributed by atoms with Crippen molar-refractivity contribution in [2.45, 2.75) is 0 Å². The Bertz CT molecular complexity index is 2040. The van der Waals surface area contributed by atoms with Crippen molar-refractivity contribution >= 4 is 78.3 Å². The molecule has 6 aromatic carbocycles. The van der Waals surface area contributed by atoms with E-state index in [9.17, 15) is 0 Å².